The van der Waals surface area contributed by atoms with Crippen LogP contribution in [0.25, 0.3) is 16.9 Å². The van der Waals surface area contributed by atoms with E-state index in [0.717, 1.165) is 18.7 Å². The fourth-order valence-corrected chi connectivity index (χ4v) is 4.06. The Bertz CT molecular complexity index is 762. The molecule has 0 saturated carbocycles. The van der Waals surface area contributed by atoms with Crippen molar-refractivity contribution in [2.75, 3.05) is 12.3 Å². The van der Waals surface area contributed by atoms with Crippen LogP contribution in [0.5, 0.6) is 0 Å². The Morgan fingerprint density at radius 2 is 1.78 bits per heavy atom. The molecule has 3 aromatic rings. The summed E-state index contributed by atoms with van der Waals surface area (Å²) in [5.41, 5.74) is 4.81. The molecule has 1 atom stereocenters. The first-order chi connectivity index (χ1) is 11.4. The topological polar surface area (TPSA) is 29.9 Å². The molecule has 4 rings (SSSR count). The van der Waals surface area contributed by atoms with E-state index in [4.69, 9.17) is 0 Å². The third-order valence-electron chi connectivity index (χ3n) is 4.09. The first kappa shape index (κ1) is 14.5. The largest absolute Gasteiger partial charge is 0.304 e. The Morgan fingerprint density at radius 1 is 1.04 bits per heavy atom. The SMILES string of the molecule is c1ccc(-c2c(CC3NCCS3)cnn2-c2ccccc2)cc1. The smallest absolute Gasteiger partial charge is 0.0773 e. The Hall–Kier alpha value is -2.04. The van der Waals surface area contributed by atoms with Gasteiger partial charge in [-0.1, -0.05) is 48.5 Å². The molecule has 1 unspecified atom stereocenters. The van der Waals surface area contributed by atoms with Crippen LogP contribution in [0.4, 0.5) is 0 Å². The fraction of sp³-hybridized carbons (Fsp3) is 0.211. The number of nitrogens with one attached hydrogen (secondary N) is 1. The minimum absolute atomic E-state index is 0.492. The molecule has 1 fully saturated rings. The normalized spacial score (nSPS) is 17.5. The molecule has 116 valence electrons. The van der Waals surface area contributed by atoms with Gasteiger partial charge in [0, 0.05) is 29.8 Å². The predicted octanol–water partition coefficient (Wildman–Crippen LogP) is 3.74. The van der Waals surface area contributed by atoms with Gasteiger partial charge in [0.25, 0.3) is 0 Å². The molecule has 0 spiro atoms. The van der Waals surface area contributed by atoms with Crippen molar-refractivity contribution in [1.82, 2.24) is 15.1 Å². The first-order valence-corrected chi connectivity index (χ1v) is 8.99. The molecular formula is C19H19N3S. The zero-order chi connectivity index (χ0) is 15.5. The number of nitrogens with zero attached hydrogens (tertiary/aromatic N) is 2. The van der Waals surface area contributed by atoms with Gasteiger partial charge in [-0.3, -0.25) is 0 Å². The number of hydrogen-bond acceptors (Lipinski definition) is 3. The molecule has 1 saturated heterocycles. The van der Waals surface area contributed by atoms with Crippen LogP contribution in [0.2, 0.25) is 0 Å². The molecule has 1 aliphatic heterocycles. The van der Waals surface area contributed by atoms with Gasteiger partial charge in [-0.2, -0.15) is 5.10 Å². The number of benzene rings is 2. The lowest BCUT2D eigenvalue weighted by Crippen LogP contribution is -2.21. The number of rotatable bonds is 4. The van der Waals surface area contributed by atoms with Gasteiger partial charge in [0.2, 0.25) is 0 Å². The van der Waals surface area contributed by atoms with Gasteiger partial charge < -0.3 is 5.32 Å². The third-order valence-corrected chi connectivity index (χ3v) is 5.27. The number of aromatic nitrogens is 2. The summed E-state index contributed by atoms with van der Waals surface area (Å²) < 4.78 is 2.06. The minimum atomic E-state index is 0.492. The Kier molecular flexibility index (Phi) is 4.18. The molecule has 0 radical (unpaired) electrons. The summed E-state index contributed by atoms with van der Waals surface area (Å²) in [7, 11) is 0. The lowest BCUT2D eigenvalue weighted by atomic mass is 10.1. The van der Waals surface area contributed by atoms with Gasteiger partial charge in [-0.15, -0.1) is 11.8 Å². The summed E-state index contributed by atoms with van der Waals surface area (Å²) in [4.78, 5) is 0. The first-order valence-electron chi connectivity index (χ1n) is 7.94. The molecule has 2 aromatic carbocycles. The second-order valence-corrected chi connectivity index (χ2v) is 6.96. The van der Waals surface area contributed by atoms with Crippen LogP contribution in [0.15, 0.2) is 66.9 Å². The van der Waals surface area contributed by atoms with Gasteiger partial charge in [0.1, 0.15) is 0 Å². The molecular weight excluding hydrogens is 302 g/mol. The minimum Gasteiger partial charge on any atom is -0.304 e. The molecule has 3 nitrogen and oxygen atoms in total. The second kappa shape index (κ2) is 6.60. The Balaban J connectivity index is 1.79. The molecule has 23 heavy (non-hydrogen) atoms. The van der Waals surface area contributed by atoms with Crippen molar-refractivity contribution >= 4 is 11.8 Å². The zero-order valence-corrected chi connectivity index (χ0v) is 13.7. The number of para-hydroxylation sites is 1. The van der Waals surface area contributed by atoms with Gasteiger partial charge in [-0.05, 0) is 12.1 Å². The van der Waals surface area contributed by atoms with E-state index in [9.17, 15) is 0 Å². The summed E-state index contributed by atoms with van der Waals surface area (Å²) in [6.07, 6.45) is 3.03. The van der Waals surface area contributed by atoms with Gasteiger partial charge in [0.15, 0.2) is 0 Å². The average Bonchev–Trinajstić information content (AvgIpc) is 3.27. The van der Waals surface area contributed by atoms with Crippen LogP contribution in [0, 0.1) is 0 Å². The van der Waals surface area contributed by atoms with Crippen LogP contribution < -0.4 is 5.32 Å². The van der Waals surface area contributed by atoms with Gasteiger partial charge >= 0.3 is 0 Å². The molecule has 0 bridgehead atoms. The van der Waals surface area contributed by atoms with E-state index < -0.39 is 0 Å². The Morgan fingerprint density at radius 3 is 2.48 bits per heavy atom. The highest BCUT2D eigenvalue weighted by molar-refractivity contribution is 8.00. The maximum atomic E-state index is 4.68. The molecule has 1 N–H and O–H groups in total. The maximum Gasteiger partial charge on any atom is 0.0773 e. The van der Waals surface area contributed by atoms with Crippen molar-refractivity contribution in [1.29, 1.82) is 0 Å². The quantitative estimate of drug-likeness (QED) is 0.794. The average molecular weight is 321 g/mol. The monoisotopic (exact) mass is 321 g/mol. The fourth-order valence-electron chi connectivity index (χ4n) is 3.01. The number of thioether (sulfide) groups is 1. The van der Waals surface area contributed by atoms with Crippen molar-refractivity contribution in [3.05, 3.63) is 72.4 Å². The highest BCUT2D eigenvalue weighted by Crippen LogP contribution is 2.29. The number of hydrogen-bond donors (Lipinski definition) is 1. The Labute approximate surface area is 140 Å². The van der Waals surface area contributed by atoms with E-state index in [2.05, 4.69) is 69.7 Å². The summed E-state index contributed by atoms with van der Waals surface area (Å²) in [5, 5.41) is 8.73. The summed E-state index contributed by atoms with van der Waals surface area (Å²) >= 11 is 2.00. The standard InChI is InChI=1S/C19H19N3S/c1-3-7-15(8-4-1)19-16(13-18-20-11-12-23-18)14-21-22(19)17-9-5-2-6-10-17/h1-10,14,18,20H,11-13H2. The lowest BCUT2D eigenvalue weighted by molar-refractivity contribution is 0.708. The molecule has 2 heterocycles. The van der Waals surface area contributed by atoms with E-state index in [0.29, 0.717) is 5.37 Å². The van der Waals surface area contributed by atoms with E-state index in [1.807, 2.05) is 24.0 Å². The van der Waals surface area contributed by atoms with Crippen molar-refractivity contribution < 1.29 is 0 Å². The summed E-state index contributed by atoms with van der Waals surface area (Å²) in [6, 6.07) is 20.9. The van der Waals surface area contributed by atoms with Crippen LogP contribution in [0.3, 0.4) is 0 Å². The van der Waals surface area contributed by atoms with Crippen LogP contribution in [-0.4, -0.2) is 27.5 Å². The van der Waals surface area contributed by atoms with Gasteiger partial charge in [-0.25, -0.2) is 4.68 Å². The molecule has 1 aromatic heterocycles. The van der Waals surface area contributed by atoms with Crippen molar-refractivity contribution in [3.8, 4) is 16.9 Å². The van der Waals surface area contributed by atoms with Crippen LogP contribution >= 0.6 is 11.8 Å². The van der Waals surface area contributed by atoms with Crippen LogP contribution in [0.1, 0.15) is 5.56 Å². The lowest BCUT2D eigenvalue weighted by Gasteiger charge is -2.13. The zero-order valence-electron chi connectivity index (χ0n) is 12.9. The molecule has 1 aliphatic rings. The van der Waals surface area contributed by atoms with E-state index >= 15 is 0 Å². The highest BCUT2D eigenvalue weighted by atomic mass is 32.2. The predicted molar refractivity (Wildman–Crippen MR) is 97.0 cm³/mol. The van der Waals surface area contributed by atoms with Crippen LogP contribution in [-0.2, 0) is 6.42 Å². The van der Waals surface area contributed by atoms with E-state index in [-0.39, 0.29) is 0 Å². The highest BCUT2D eigenvalue weighted by Gasteiger charge is 2.20. The van der Waals surface area contributed by atoms with E-state index in [1.165, 1.54) is 22.6 Å². The van der Waals surface area contributed by atoms with Crippen molar-refractivity contribution in [2.45, 2.75) is 11.8 Å². The van der Waals surface area contributed by atoms with E-state index in [1.54, 1.807) is 0 Å². The molecule has 4 heteroatoms. The molecule has 0 aliphatic carbocycles. The molecule has 0 amide bonds. The summed E-state index contributed by atoms with van der Waals surface area (Å²) in [6.45, 7) is 1.10. The maximum absolute atomic E-state index is 4.68. The third kappa shape index (κ3) is 3.05. The van der Waals surface area contributed by atoms with Crippen molar-refractivity contribution in [3.63, 3.8) is 0 Å². The second-order valence-electron chi connectivity index (χ2n) is 5.65. The van der Waals surface area contributed by atoms with Gasteiger partial charge in [0.05, 0.1) is 23.0 Å². The van der Waals surface area contributed by atoms with Crippen molar-refractivity contribution in [2.24, 2.45) is 0 Å². The summed E-state index contributed by atoms with van der Waals surface area (Å²) in [5.74, 6) is 1.19.